The maximum absolute atomic E-state index is 4.47. The Morgan fingerprint density at radius 1 is 1.43 bits per heavy atom. The molecule has 1 aromatic rings. The van der Waals surface area contributed by atoms with E-state index in [4.69, 9.17) is 0 Å². The van der Waals surface area contributed by atoms with E-state index in [1.807, 2.05) is 6.20 Å². The Kier molecular flexibility index (Phi) is 2.15. The minimum Gasteiger partial charge on any atom is -0.269 e. The van der Waals surface area contributed by atoms with Gasteiger partial charge in [-0.1, -0.05) is 22.4 Å². The molecule has 1 aromatic heterocycles. The van der Waals surface area contributed by atoms with E-state index < -0.39 is 0 Å². The maximum atomic E-state index is 4.47. The molecule has 0 aromatic carbocycles. The first-order chi connectivity index (χ1) is 6.86. The second kappa shape index (κ2) is 3.37. The summed E-state index contributed by atoms with van der Waals surface area (Å²) >= 11 is 3.47. The van der Waals surface area contributed by atoms with Gasteiger partial charge in [0.1, 0.15) is 0 Å². The van der Waals surface area contributed by atoms with Gasteiger partial charge < -0.3 is 0 Å². The fraction of sp³-hybridized carbons (Fsp3) is 0.727. The molecule has 0 aliphatic heterocycles. The summed E-state index contributed by atoms with van der Waals surface area (Å²) in [7, 11) is 0. The van der Waals surface area contributed by atoms with Crippen molar-refractivity contribution in [2.75, 3.05) is 0 Å². The number of halogens is 1. The average Bonchev–Trinajstić information content (AvgIpc) is 2.93. The van der Waals surface area contributed by atoms with Crippen molar-refractivity contribution >= 4 is 15.9 Å². The zero-order chi connectivity index (χ0) is 9.54. The van der Waals surface area contributed by atoms with Gasteiger partial charge in [-0.2, -0.15) is 5.10 Å². The molecule has 3 heteroatoms. The smallest absolute Gasteiger partial charge is 0.0550 e. The van der Waals surface area contributed by atoms with Crippen molar-refractivity contribution in [3.63, 3.8) is 0 Å². The Labute approximate surface area is 92.8 Å². The molecule has 2 bridgehead atoms. The van der Waals surface area contributed by atoms with Crippen LogP contribution in [0.1, 0.15) is 37.3 Å². The fourth-order valence-corrected chi connectivity index (χ4v) is 3.45. The summed E-state index contributed by atoms with van der Waals surface area (Å²) in [4.78, 5) is 0. The molecule has 2 nitrogen and oxygen atoms in total. The van der Waals surface area contributed by atoms with Gasteiger partial charge in [-0.05, 0) is 31.1 Å². The number of nitrogens with zero attached hydrogens (tertiary/aromatic N) is 2. The predicted molar refractivity (Wildman–Crippen MR) is 59.3 cm³/mol. The standard InChI is InChI=1S/C11H15BrN2/c12-5-9-6-13-14(7-9)11-4-8-1-2-10(11)3-8/h6-8,10-11H,1-5H2. The van der Waals surface area contributed by atoms with E-state index in [1.165, 1.54) is 31.2 Å². The second-order valence-electron chi connectivity index (χ2n) is 4.70. The molecule has 2 saturated carbocycles. The van der Waals surface area contributed by atoms with Crippen molar-refractivity contribution in [1.29, 1.82) is 0 Å². The Hall–Kier alpha value is -0.310. The first kappa shape index (κ1) is 8.96. The van der Waals surface area contributed by atoms with Crippen molar-refractivity contribution in [2.24, 2.45) is 11.8 Å². The van der Waals surface area contributed by atoms with Gasteiger partial charge in [0.25, 0.3) is 0 Å². The summed E-state index contributed by atoms with van der Waals surface area (Å²) in [6.07, 6.45) is 9.91. The highest BCUT2D eigenvalue weighted by atomic mass is 79.9. The molecular weight excluding hydrogens is 240 g/mol. The van der Waals surface area contributed by atoms with Gasteiger partial charge in [-0.3, -0.25) is 4.68 Å². The van der Waals surface area contributed by atoms with Crippen LogP contribution in [0, 0.1) is 11.8 Å². The third kappa shape index (κ3) is 1.33. The Bertz CT molecular complexity index is 334. The molecule has 0 spiro atoms. The molecule has 2 aliphatic rings. The van der Waals surface area contributed by atoms with E-state index in [2.05, 4.69) is 31.9 Å². The van der Waals surface area contributed by atoms with Crippen molar-refractivity contribution in [3.05, 3.63) is 18.0 Å². The zero-order valence-corrected chi connectivity index (χ0v) is 9.78. The fourth-order valence-electron chi connectivity index (χ4n) is 3.16. The Morgan fingerprint density at radius 2 is 2.36 bits per heavy atom. The van der Waals surface area contributed by atoms with Crippen LogP contribution in [-0.4, -0.2) is 9.78 Å². The molecular formula is C11H15BrN2. The lowest BCUT2D eigenvalue weighted by atomic mass is 9.96. The summed E-state index contributed by atoms with van der Waals surface area (Å²) in [5.41, 5.74) is 1.30. The van der Waals surface area contributed by atoms with Crippen LogP contribution in [0.5, 0.6) is 0 Å². The molecule has 14 heavy (non-hydrogen) atoms. The third-order valence-electron chi connectivity index (χ3n) is 3.85. The molecule has 76 valence electrons. The lowest BCUT2D eigenvalue weighted by Crippen LogP contribution is -2.16. The van der Waals surface area contributed by atoms with Gasteiger partial charge in [0, 0.05) is 17.1 Å². The quantitative estimate of drug-likeness (QED) is 0.742. The van der Waals surface area contributed by atoms with Crippen molar-refractivity contribution in [1.82, 2.24) is 9.78 Å². The van der Waals surface area contributed by atoms with Gasteiger partial charge in [0.05, 0.1) is 12.2 Å². The SMILES string of the molecule is BrCc1cnn(C2CC3CCC2C3)c1. The van der Waals surface area contributed by atoms with Crippen LogP contribution in [0.3, 0.4) is 0 Å². The van der Waals surface area contributed by atoms with Crippen LogP contribution in [0.15, 0.2) is 12.4 Å². The number of hydrogen-bond donors (Lipinski definition) is 0. The molecule has 2 aliphatic carbocycles. The molecule has 1 heterocycles. The van der Waals surface area contributed by atoms with Gasteiger partial charge in [0.15, 0.2) is 0 Å². The van der Waals surface area contributed by atoms with E-state index in [9.17, 15) is 0 Å². The van der Waals surface area contributed by atoms with E-state index in [1.54, 1.807) is 0 Å². The topological polar surface area (TPSA) is 17.8 Å². The predicted octanol–water partition coefficient (Wildman–Crippen LogP) is 3.14. The summed E-state index contributed by atoms with van der Waals surface area (Å²) in [5.74, 6) is 1.92. The van der Waals surface area contributed by atoms with Crippen LogP contribution in [-0.2, 0) is 5.33 Å². The van der Waals surface area contributed by atoms with Gasteiger partial charge in [0.2, 0.25) is 0 Å². The lowest BCUT2D eigenvalue weighted by Gasteiger charge is -2.21. The van der Waals surface area contributed by atoms with Crippen LogP contribution in [0.2, 0.25) is 0 Å². The normalized spacial score (nSPS) is 35.4. The van der Waals surface area contributed by atoms with Crippen LogP contribution >= 0.6 is 15.9 Å². The van der Waals surface area contributed by atoms with Crippen LogP contribution < -0.4 is 0 Å². The number of fused-ring (bicyclic) bond motifs is 2. The second-order valence-corrected chi connectivity index (χ2v) is 5.27. The van der Waals surface area contributed by atoms with Crippen LogP contribution in [0.4, 0.5) is 0 Å². The van der Waals surface area contributed by atoms with Crippen molar-refractivity contribution < 1.29 is 0 Å². The Morgan fingerprint density at radius 3 is 2.93 bits per heavy atom. The highest BCUT2D eigenvalue weighted by Crippen LogP contribution is 2.50. The van der Waals surface area contributed by atoms with E-state index >= 15 is 0 Å². The number of aromatic nitrogens is 2. The van der Waals surface area contributed by atoms with Gasteiger partial charge in [-0.25, -0.2) is 0 Å². The molecule has 3 unspecified atom stereocenters. The van der Waals surface area contributed by atoms with Crippen molar-refractivity contribution in [3.8, 4) is 0 Å². The highest BCUT2D eigenvalue weighted by Gasteiger charge is 2.40. The monoisotopic (exact) mass is 254 g/mol. The summed E-state index contributed by atoms with van der Waals surface area (Å²) < 4.78 is 2.21. The van der Waals surface area contributed by atoms with Crippen LogP contribution in [0.25, 0.3) is 0 Å². The summed E-state index contributed by atoms with van der Waals surface area (Å²) in [6, 6.07) is 0.710. The van der Waals surface area contributed by atoms with E-state index in [0.29, 0.717) is 6.04 Å². The van der Waals surface area contributed by atoms with E-state index in [-0.39, 0.29) is 0 Å². The van der Waals surface area contributed by atoms with Gasteiger partial charge in [-0.15, -0.1) is 0 Å². The zero-order valence-electron chi connectivity index (χ0n) is 8.19. The molecule has 2 fully saturated rings. The first-order valence-electron chi connectivity index (χ1n) is 5.46. The number of rotatable bonds is 2. The molecule has 3 rings (SSSR count). The molecule has 0 N–H and O–H groups in total. The first-order valence-corrected chi connectivity index (χ1v) is 6.58. The molecule has 0 radical (unpaired) electrons. The van der Waals surface area contributed by atoms with Crippen molar-refractivity contribution in [2.45, 2.75) is 37.1 Å². The molecule has 0 amide bonds. The molecule has 0 saturated heterocycles. The third-order valence-corrected chi connectivity index (χ3v) is 4.50. The maximum Gasteiger partial charge on any atom is 0.0550 e. The lowest BCUT2D eigenvalue weighted by molar-refractivity contribution is 0.306. The van der Waals surface area contributed by atoms with Gasteiger partial charge >= 0.3 is 0 Å². The largest absolute Gasteiger partial charge is 0.269 e. The Balaban J connectivity index is 1.82. The molecule has 3 atom stereocenters. The number of hydrogen-bond acceptors (Lipinski definition) is 1. The summed E-state index contributed by atoms with van der Waals surface area (Å²) in [6.45, 7) is 0. The summed E-state index contributed by atoms with van der Waals surface area (Å²) in [5, 5.41) is 5.40. The minimum atomic E-state index is 0.710. The minimum absolute atomic E-state index is 0.710. The average molecular weight is 255 g/mol. The van der Waals surface area contributed by atoms with E-state index in [0.717, 1.165) is 17.2 Å². The number of alkyl halides is 1. The highest BCUT2D eigenvalue weighted by molar-refractivity contribution is 9.08.